The zero-order valence-electron chi connectivity index (χ0n) is 19.2. The summed E-state index contributed by atoms with van der Waals surface area (Å²) in [5.74, 6) is -0.213. The second-order valence-electron chi connectivity index (χ2n) is 8.97. The number of hydrogen-bond donors (Lipinski definition) is 4. The number of dihydropyridines is 1. The van der Waals surface area contributed by atoms with Crippen LogP contribution >= 0.6 is 0 Å². The first-order valence-electron chi connectivity index (χ1n) is 11.6. The quantitative estimate of drug-likeness (QED) is 0.487. The summed E-state index contributed by atoms with van der Waals surface area (Å²) in [6.45, 7) is 2.02. The molecule has 1 saturated heterocycles. The molecule has 4 N–H and O–H groups in total. The van der Waals surface area contributed by atoms with Crippen LogP contribution in [0.15, 0.2) is 90.4 Å². The number of Topliss-reactive ketones (excluding diaryl/α,β-unsaturated/α-hetero) is 1. The number of carbonyl (C=O) groups is 3. The molecule has 0 spiro atoms. The Morgan fingerprint density at radius 2 is 1.80 bits per heavy atom. The minimum absolute atomic E-state index is 0.0419. The average molecular weight is 470 g/mol. The SMILES string of the molecule is O=C(NC[C@@]1(C(=O)c2ccccc2)CCNC1)c1ccc(NC(=O)N2C=C3C=CNC=C3C2)cc1. The van der Waals surface area contributed by atoms with E-state index in [1.54, 1.807) is 29.2 Å². The second-order valence-corrected chi connectivity index (χ2v) is 8.97. The van der Waals surface area contributed by atoms with E-state index in [1.807, 2.05) is 55.0 Å². The van der Waals surface area contributed by atoms with Crippen LogP contribution in [0.4, 0.5) is 10.5 Å². The zero-order chi connectivity index (χ0) is 24.3. The van der Waals surface area contributed by atoms with Gasteiger partial charge in [-0.3, -0.25) is 14.5 Å². The molecule has 3 aliphatic rings. The number of carbonyl (C=O) groups excluding carboxylic acids is 3. The van der Waals surface area contributed by atoms with Crippen molar-refractivity contribution in [1.29, 1.82) is 0 Å². The third-order valence-corrected chi connectivity index (χ3v) is 6.63. The number of hydrogen-bond acceptors (Lipinski definition) is 5. The number of anilines is 1. The number of nitrogens with zero attached hydrogens (tertiary/aromatic N) is 1. The molecule has 3 amide bonds. The largest absolute Gasteiger partial charge is 0.367 e. The molecule has 5 rings (SSSR count). The van der Waals surface area contributed by atoms with Gasteiger partial charge in [0.15, 0.2) is 5.78 Å². The molecule has 0 aliphatic carbocycles. The van der Waals surface area contributed by atoms with Gasteiger partial charge in [-0.15, -0.1) is 0 Å². The van der Waals surface area contributed by atoms with Gasteiger partial charge in [-0.25, -0.2) is 4.79 Å². The Morgan fingerprint density at radius 3 is 2.51 bits per heavy atom. The van der Waals surface area contributed by atoms with Crippen LogP contribution in [0.25, 0.3) is 0 Å². The van der Waals surface area contributed by atoms with Crippen LogP contribution in [0.2, 0.25) is 0 Å². The lowest BCUT2D eigenvalue weighted by Crippen LogP contribution is -2.44. The van der Waals surface area contributed by atoms with Gasteiger partial charge in [0.25, 0.3) is 5.91 Å². The summed E-state index contributed by atoms with van der Waals surface area (Å²) in [7, 11) is 0. The van der Waals surface area contributed by atoms with E-state index < -0.39 is 5.41 Å². The summed E-state index contributed by atoms with van der Waals surface area (Å²) in [5.41, 5.74) is 3.11. The minimum atomic E-state index is -0.660. The standard InChI is InChI=1S/C27H27N5O3/c33-24(19-4-2-1-3-5-19)27(11-13-29-17-27)18-30-25(34)20-6-8-23(9-7-20)31-26(35)32-15-21-10-12-28-14-22(21)16-32/h1-10,12,14-15,28-29H,11,13,16-18H2,(H,30,34)(H,31,35)/t27-/m1/s1. The predicted octanol–water partition coefficient (Wildman–Crippen LogP) is 3.01. The third-order valence-electron chi connectivity index (χ3n) is 6.63. The molecule has 2 aromatic rings. The Hall–Kier alpha value is -4.17. The maximum atomic E-state index is 13.2. The summed E-state index contributed by atoms with van der Waals surface area (Å²) in [6.07, 6.45) is 8.11. The summed E-state index contributed by atoms with van der Waals surface area (Å²) in [4.78, 5) is 40.3. The molecule has 1 atom stereocenters. The molecule has 3 heterocycles. The lowest BCUT2D eigenvalue weighted by atomic mass is 9.79. The number of benzene rings is 2. The maximum absolute atomic E-state index is 13.2. The average Bonchev–Trinajstić information content (AvgIpc) is 3.56. The van der Waals surface area contributed by atoms with Crippen LogP contribution in [0.3, 0.4) is 0 Å². The molecule has 3 aliphatic heterocycles. The van der Waals surface area contributed by atoms with Gasteiger partial charge < -0.3 is 21.3 Å². The molecule has 1 fully saturated rings. The van der Waals surface area contributed by atoms with Crippen LogP contribution in [0.1, 0.15) is 27.1 Å². The molecule has 0 radical (unpaired) electrons. The van der Waals surface area contributed by atoms with Crippen LogP contribution in [0.5, 0.6) is 0 Å². The molecule has 35 heavy (non-hydrogen) atoms. The lowest BCUT2D eigenvalue weighted by Gasteiger charge is -2.27. The fourth-order valence-corrected chi connectivity index (χ4v) is 4.58. The monoisotopic (exact) mass is 469 g/mol. The lowest BCUT2D eigenvalue weighted by molar-refractivity contribution is 0.0795. The highest BCUT2D eigenvalue weighted by molar-refractivity contribution is 6.02. The van der Waals surface area contributed by atoms with Crippen molar-refractivity contribution in [1.82, 2.24) is 20.9 Å². The van der Waals surface area contributed by atoms with Crippen LogP contribution in [-0.4, -0.2) is 48.8 Å². The molecule has 8 nitrogen and oxygen atoms in total. The third kappa shape index (κ3) is 4.74. The normalized spacial score (nSPS) is 20.4. The van der Waals surface area contributed by atoms with E-state index in [0.29, 0.717) is 36.3 Å². The van der Waals surface area contributed by atoms with E-state index in [9.17, 15) is 14.4 Å². The zero-order valence-corrected chi connectivity index (χ0v) is 19.2. The number of amides is 3. The van der Waals surface area contributed by atoms with Gasteiger partial charge in [0.1, 0.15) is 0 Å². The predicted molar refractivity (Wildman–Crippen MR) is 134 cm³/mol. The van der Waals surface area contributed by atoms with Gasteiger partial charge in [-0.2, -0.15) is 0 Å². The van der Waals surface area contributed by atoms with Crippen molar-refractivity contribution in [3.63, 3.8) is 0 Å². The summed E-state index contributed by atoms with van der Waals surface area (Å²) >= 11 is 0. The van der Waals surface area contributed by atoms with Crippen LogP contribution < -0.4 is 21.3 Å². The van der Waals surface area contributed by atoms with Gasteiger partial charge in [0, 0.05) is 48.5 Å². The van der Waals surface area contributed by atoms with Gasteiger partial charge in [-0.05, 0) is 54.5 Å². The van der Waals surface area contributed by atoms with E-state index >= 15 is 0 Å². The van der Waals surface area contributed by atoms with Crippen molar-refractivity contribution in [2.45, 2.75) is 6.42 Å². The topological polar surface area (TPSA) is 103 Å². The Bertz CT molecular complexity index is 1230. The molecule has 0 unspecified atom stereocenters. The van der Waals surface area contributed by atoms with E-state index in [1.165, 1.54) is 0 Å². The molecule has 8 heteroatoms. The van der Waals surface area contributed by atoms with Crippen molar-refractivity contribution in [3.05, 3.63) is 102 Å². The molecule has 0 saturated carbocycles. The summed E-state index contributed by atoms with van der Waals surface area (Å²) in [6, 6.07) is 15.7. The van der Waals surface area contributed by atoms with Gasteiger partial charge >= 0.3 is 6.03 Å². The second kappa shape index (κ2) is 9.60. The Balaban J connectivity index is 1.19. The van der Waals surface area contributed by atoms with Crippen LogP contribution in [-0.2, 0) is 0 Å². The van der Waals surface area contributed by atoms with Crippen molar-refractivity contribution in [2.75, 3.05) is 31.5 Å². The number of rotatable bonds is 6. The smallest absolute Gasteiger partial charge is 0.326 e. The highest BCUT2D eigenvalue weighted by Crippen LogP contribution is 2.30. The highest BCUT2D eigenvalue weighted by atomic mass is 16.2. The molecule has 178 valence electrons. The van der Waals surface area contributed by atoms with Gasteiger partial charge in [-0.1, -0.05) is 30.3 Å². The Kier molecular flexibility index (Phi) is 6.20. The van der Waals surface area contributed by atoms with E-state index in [-0.39, 0.29) is 24.3 Å². The number of nitrogens with one attached hydrogen (secondary N) is 4. The molecular formula is C27H27N5O3. The molecular weight excluding hydrogens is 442 g/mol. The first-order valence-corrected chi connectivity index (χ1v) is 11.6. The Labute approximate surface area is 203 Å². The van der Waals surface area contributed by atoms with Crippen LogP contribution in [0, 0.1) is 5.41 Å². The molecule has 0 aromatic heterocycles. The van der Waals surface area contributed by atoms with Crippen molar-refractivity contribution in [3.8, 4) is 0 Å². The maximum Gasteiger partial charge on any atom is 0.326 e. The number of allylic oxidation sites excluding steroid dienone is 1. The van der Waals surface area contributed by atoms with Crippen molar-refractivity contribution < 1.29 is 14.4 Å². The van der Waals surface area contributed by atoms with Gasteiger partial charge in [0.05, 0.1) is 12.0 Å². The first kappa shape index (κ1) is 22.6. The van der Waals surface area contributed by atoms with Crippen molar-refractivity contribution in [2.24, 2.45) is 5.41 Å². The first-order chi connectivity index (χ1) is 17.0. The number of urea groups is 1. The van der Waals surface area contributed by atoms with E-state index in [2.05, 4.69) is 21.3 Å². The van der Waals surface area contributed by atoms with E-state index in [0.717, 1.165) is 17.7 Å². The summed E-state index contributed by atoms with van der Waals surface area (Å²) in [5, 5.41) is 12.1. The minimum Gasteiger partial charge on any atom is -0.367 e. The van der Waals surface area contributed by atoms with Crippen molar-refractivity contribution >= 4 is 23.4 Å². The fraction of sp³-hybridized carbons (Fsp3) is 0.222. The number of fused-ring (bicyclic) bond motifs is 1. The highest BCUT2D eigenvalue weighted by Gasteiger charge is 2.41. The van der Waals surface area contributed by atoms with Gasteiger partial charge in [0.2, 0.25) is 0 Å². The summed E-state index contributed by atoms with van der Waals surface area (Å²) < 4.78 is 0. The van der Waals surface area contributed by atoms with E-state index in [4.69, 9.17) is 0 Å². The fourth-order valence-electron chi connectivity index (χ4n) is 4.58. The Morgan fingerprint density at radius 1 is 1.00 bits per heavy atom. The molecule has 0 bridgehead atoms. The molecule has 2 aromatic carbocycles. The number of ketones is 1.